The predicted octanol–water partition coefficient (Wildman–Crippen LogP) is 3.49. The summed E-state index contributed by atoms with van der Waals surface area (Å²) in [5.74, 6) is 1.17. The van der Waals surface area contributed by atoms with Gasteiger partial charge in [-0.05, 0) is 55.8 Å². The Morgan fingerprint density at radius 1 is 1.33 bits per heavy atom. The van der Waals surface area contributed by atoms with E-state index in [0.717, 1.165) is 18.9 Å². The van der Waals surface area contributed by atoms with Gasteiger partial charge in [-0.3, -0.25) is 0 Å². The molecule has 0 amide bonds. The molecule has 1 aliphatic rings. The van der Waals surface area contributed by atoms with Crippen LogP contribution in [0, 0.1) is 5.92 Å². The fraction of sp³-hybridized carbons (Fsp3) is 0.625. The normalized spacial score (nSPS) is 24.1. The maximum atomic E-state index is 9.50. The van der Waals surface area contributed by atoms with E-state index in [1.807, 2.05) is 12.1 Å². The fourth-order valence-electron chi connectivity index (χ4n) is 3.03. The molecule has 18 heavy (non-hydrogen) atoms. The first-order chi connectivity index (χ1) is 8.78. The van der Waals surface area contributed by atoms with Gasteiger partial charge in [-0.2, -0.15) is 0 Å². The van der Waals surface area contributed by atoms with E-state index in [-0.39, 0.29) is 0 Å². The number of hydrogen-bond acceptors (Lipinski definition) is 2. The lowest BCUT2D eigenvalue weighted by Crippen LogP contribution is -2.35. The van der Waals surface area contributed by atoms with E-state index >= 15 is 0 Å². The van der Waals surface area contributed by atoms with E-state index in [2.05, 4.69) is 18.3 Å². The second-order valence-corrected chi connectivity index (χ2v) is 5.56. The number of hydrogen-bond donors (Lipinski definition) is 2. The highest BCUT2D eigenvalue weighted by Gasteiger charge is 2.21. The number of aromatic hydroxyl groups is 1. The first-order valence-corrected chi connectivity index (χ1v) is 7.29. The number of nitrogens with one attached hydrogen (secondary N) is 1. The molecule has 100 valence electrons. The molecule has 0 spiro atoms. The molecule has 0 heterocycles. The van der Waals surface area contributed by atoms with Gasteiger partial charge in [0.2, 0.25) is 0 Å². The van der Waals surface area contributed by atoms with Gasteiger partial charge in [0, 0.05) is 6.04 Å². The topological polar surface area (TPSA) is 32.3 Å². The van der Waals surface area contributed by atoms with E-state index in [4.69, 9.17) is 0 Å². The van der Waals surface area contributed by atoms with Crippen molar-refractivity contribution in [3.8, 4) is 5.75 Å². The van der Waals surface area contributed by atoms with Crippen LogP contribution in [0.3, 0.4) is 0 Å². The van der Waals surface area contributed by atoms with Gasteiger partial charge in [-0.1, -0.05) is 31.9 Å². The molecule has 1 fully saturated rings. The van der Waals surface area contributed by atoms with E-state index in [9.17, 15) is 5.11 Å². The average molecular weight is 247 g/mol. The Kier molecular flexibility index (Phi) is 5.06. The van der Waals surface area contributed by atoms with Crippen molar-refractivity contribution >= 4 is 0 Å². The van der Waals surface area contributed by atoms with Crippen molar-refractivity contribution in [1.29, 1.82) is 0 Å². The lowest BCUT2D eigenvalue weighted by molar-refractivity contribution is 0.284. The van der Waals surface area contributed by atoms with Crippen LogP contribution >= 0.6 is 0 Å². The second kappa shape index (κ2) is 6.79. The van der Waals surface area contributed by atoms with Crippen LogP contribution in [0.15, 0.2) is 24.3 Å². The van der Waals surface area contributed by atoms with Gasteiger partial charge >= 0.3 is 0 Å². The Morgan fingerprint density at radius 2 is 2.22 bits per heavy atom. The molecule has 1 saturated carbocycles. The van der Waals surface area contributed by atoms with E-state index < -0.39 is 0 Å². The summed E-state index contributed by atoms with van der Waals surface area (Å²) < 4.78 is 0. The first kappa shape index (κ1) is 13.4. The fourth-order valence-corrected chi connectivity index (χ4v) is 3.03. The van der Waals surface area contributed by atoms with Crippen LogP contribution in [-0.2, 0) is 6.42 Å². The minimum Gasteiger partial charge on any atom is -0.508 e. The highest BCUT2D eigenvalue weighted by atomic mass is 16.3. The maximum Gasteiger partial charge on any atom is 0.115 e. The molecule has 0 aliphatic heterocycles. The lowest BCUT2D eigenvalue weighted by Gasteiger charge is -2.30. The smallest absolute Gasteiger partial charge is 0.115 e. The van der Waals surface area contributed by atoms with Crippen molar-refractivity contribution < 1.29 is 5.11 Å². The quantitative estimate of drug-likeness (QED) is 0.834. The molecule has 2 rings (SSSR count). The SMILES string of the molecule is CCCNC1CCCC(Cc2cccc(O)c2)C1. The van der Waals surface area contributed by atoms with Gasteiger partial charge in [0.25, 0.3) is 0 Å². The lowest BCUT2D eigenvalue weighted by atomic mass is 9.82. The molecule has 2 N–H and O–H groups in total. The van der Waals surface area contributed by atoms with E-state index in [1.165, 1.54) is 37.7 Å². The summed E-state index contributed by atoms with van der Waals surface area (Å²) in [6, 6.07) is 8.43. The summed E-state index contributed by atoms with van der Waals surface area (Å²) in [5, 5.41) is 13.1. The molecule has 2 atom stereocenters. The zero-order valence-electron chi connectivity index (χ0n) is 11.4. The van der Waals surface area contributed by atoms with Crippen molar-refractivity contribution in [2.75, 3.05) is 6.54 Å². The minimum atomic E-state index is 0.393. The van der Waals surface area contributed by atoms with Crippen molar-refractivity contribution in [3.05, 3.63) is 29.8 Å². The van der Waals surface area contributed by atoms with Crippen LogP contribution in [0.25, 0.3) is 0 Å². The number of phenolic OH excluding ortho intramolecular Hbond substituents is 1. The molecular weight excluding hydrogens is 222 g/mol. The zero-order chi connectivity index (χ0) is 12.8. The molecule has 0 saturated heterocycles. The highest BCUT2D eigenvalue weighted by Crippen LogP contribution is 2.28. The first-order valence-electron chi connectivity index (χ1n) is 7.29. The number of phenols is 1. The summed E-state index contributed by atoms with van der Waals surface area (Å²) in [7, 11) is 0. The molecule has 2 heteroatoms. The average Bonchev–Trinajstić information content (AvgIpc) is 2.37. The van der Waals surface area contributed by atoms with Crippen LogP contribution < -0.4 is 5.32 Å². The molecule has 0 bridgehead atoms. The van der Waals surface area contributed by atoms with E-state index in [1.54, 1.807) is 6.07 Å². The Labute approximate surface area is 110 Å². The van der Waals surface area contributed by atoms with Gasteiger partial charge in [0.05, 0.1) is 0 Å². The second-order valence-electron chi connectivity index (χ2n) is 5.56. The van der Waals surface area contributed by atoms with Crippen LogP contribution in [0.1, 0.15) is 44.6 Å². The van der Waals surface area contributed by atoms with Crippen molar-refractivity contribution in [2.24, 2.45) is 5.92 Å². The summed E-state index contributed by atoms with van der Waals surface area (Å²) >= 11 is 0. The number of benzene rings is 1. The third-order valence-electron chi connectivity index (χ3n) is 3.90. The molecule has 0 radical (unpaired) electrons. The predicted molar refractivity (Wildman–Crippen MR) is 75.9 cm³/mol. The molecular formula is C16H25NO. The molecule has 1 aliphatic carbocycles. The van der Waals surface area contributed by atoms with Crippen molar-refractivity contribution in [2.45, 2.75) is 51.5 Å². The highest BCUT2D eigenvalue weighted by molar-refractivity contribution is 5.27. The summed E-state index contributed by atoms with van der Waals surface area (Å²) in [6.07, 6.45) is 7.61. The third kappa shape index (κ3) is 4.02. The minimum absolute atomic E-state index is 0.393. The third-order valence-corrected chi connectivity index (χ3v) is 3.90. The van der Waals surface area contributed by atoms with Gasteiger partial charge < -0.3 is 10.4 Å². The zero-order valence-corrected chi connectivity index (χ0v) is 11.4. The Bertz CT molecular complexity index is 364. The standard InChI is InChI=1S/C16H25NO/c1-2-9-17-15-7-3-5-13(11-15)10-14-6-4-8-16(18)12-14/h4,6,8,12-13,15,17-18H,2-3,5,7,9-11H2,1H3. The van der Waals surface area contributed by atoms with Crippen molar-refractivity contribution in [1.82, 2.24) is 5.32 Å². The van der Waals surface area contributed by atoms with E-state index in [0.29, 0.717) is 11.8 Å². The maximum absolute atomic E-state index is 9.50. The van der Waals surface area contributed by atoms with Gasteiger partial charge in [-0.25, -0.2) is 0 Å². The monoisotopic (exact) mass is 247 g/mol. The molecule has 0 aromatic heterocycles. The molecule has 1 aromatic carbocycles. The Morgan fingerprint density at radius 3 is 3.00 bits per heavy atom. The van der Waals surface area contributed by atoms with Gasteiger partial charge in [0.15, 0.2) is 0 Å². The van der Waals surface area contributed by atoms with Crippen LogP contribution in [0.2, 0.25) is 0 Å². The van der Waals surface area contributed by atoms with Gasteiger partial charge in [0.1, 0.15) is 5.75 Å². The number of rotatable bonds is 5. The van der Waals surface area contributed by atoms with Crippen LogP contribution in [-0.4, -0.2) is 17.7 Å². The Balaban J connectivity index is 1.85. The molecule has 2 unspecified atom stereocenters. The summed E-state index contributed by atoms with van der Waals surface area (Å²) in [5.41, 5.74) is 1.27. The van der Waals surface area contributed by atoms with Crippen molar-refractivity contribution in [3.63, 3.8) is 0 Å². The largest absolute Gasteiger partial charge is 0.508 e. The van der Waals surface area contributed by atoms with Crippen LogP contribution in [0.5, 0.6) is 5.75 Å². The summed E-state index contributed by atoms with van der Waals surface area (Å²) in [4.78, 5) is 0. The Hall–Kier alpha value is -1.02. The van der Waals surface area contributed by atoms with Gasteiger partial charge in [-0.15, -0.1) is 0 Å². The summed E-state index contributed by atoms with van der Waals surface area (Å²) in [6.45, 7) is 3.36. The van der Waals surface area contributed by atoms with Crippen LogP contribution in [0.4, 0.5) is 0 Å². The molecule has 2 nitrogen and oxygen atoms in total. The molecule has 1 aromatic rings.